The van der Waals surface area contributed by atoms with Crippen molar-refractivity contribution in [3.8, 4) is 5.75 Å². The maximum atomic E-state index is 13.6. The molecule has 2 aromatic carbocycles. The van der Waals surface area contributed by atoms with Crippen LogP contribution in [0, 0.1) is 11.2 Å². The number of hydrogen-bond acceptors (Lipinski definition) is 4. The Bertz CT molecular complexity index is 984. The summed E-state index contributed by atoms with van der Waals surface area (Å²) >= 11 is 3.33. The maximum absolute atomic E-state index is 13.6. The number of rotatable bonds is 7. The number of nitrogens with zero attached hydrogens (tertiary/aromatic N) is 1. The second-order valence-electron chi connectivity index (χ2n) is 8.30. The average molecular weight is 498 g/mol. The van der Waals surface area contributed by atoms with Crippen molar-refractivity contribution in [2.75, 3.05) is 17.2 Å². The van der Waals surface area contributed by atoms with E-state index in [-0.39, 0.29) is 22.2 Å². The van der Waals surface area contributed by atoms with E-state index in [9.17, 15) is 17.9 Å². The van der Waals surface area contributed by atoms with Gasteiger partial charge in [0.05, 0.1) is 20.8 Å². The van der Waals surface area contributed by atoms with Gasteiger partial charge < -0.3 is 10.0 Å². The van der Waals surface area contributed by atoms with E-state index in [4.69, 9.17) is 0 Å². The van der Waals surface area contributed by atoms with Crippen LogP contribution in [-0.4, -0.2) is 25.8 Å². The second kappa shape index (κ2) is 9.27. The average Bonchev–Trinajstić information content (AvgIpc) is 2.79. The summed E-state index contributed by atoms with van der Waals surface area (Å²) in [5.74, 6) is -0.395. The van der Waals surface area contributed by atoms with Crippen LogP contribution in [0.2, 0.25) is 0 Å². The summed E-state index contributed by atoms with van der Waals surface area (Å²) in [4.78, 5) is 2.11. The molecule has 0 atom stereocenters. The fourth-order valence-corrected chi connectivity index (χ4v) is 6.77. The van der Waals surface area contributed by atoms with Crippen LogP contribution < -0.4 is 4.90 Å². The molecule has 0 fully saturated rings. The summed E-state index contributed by atoms with van der Waals surface area (Å²) in [6.07, 6.45) is 5.49. The van der Waals surface area contributed by atoms with E-state index in [1.165, 1.54) is 18.2 Å². The second-order valence-corrected chi connectivity index (χ2v) is 11.1. The highest BCUT2D eigenvalue weighted by Gasteiger charge is 2.42. The Labute approximate surface area is 187 Å². The zero-order valence-electron chi connectivity index (χ0n) is 17.5. The van der Waals surface area contributed by atoms with Crippen LogP contribution in [0.4, 0.5) is 15.8 Å². The molecule has 0 aromatic heterocycles. The predicted molar refractivity (Wildman–Crippen MR) is 123 cm³/mol. The molecule has 0 saturated heterocycles. The molecule has 7 heteroatoms. The van der Waals surface area contributed by atoms with Crippen LogP contribution in [0.25, 0.3) is 0 Å². The number of phenolic OH excluding ortho intramolecular Hbond substituents is 1. The van der Waals surface area contributed by atoms with E-state index in [2.05, 4.69) is 29.8 Å². The fraction of sp³-hybridized carbons (Fsp3) is 0.478. The first kappa shape index (κ1) is 23.1. The molecule has 2 aromatic rings. The summed E-state index contributed by atoms with van der Waals surface area (Å²) in [6.45, 7) is 4.75. The number of hydrogen-bond donors (Lipinski definition) is 1. The molecule has 0 radical (unpaired) electrons. The lowest BCUT2D eigenvalue weighted by molar-refractivity contribution is 0.270. The quantitative estimate of drug-likeness (QED) is 0.468. The first-order valence-electron chi connectivity index (χ1n) is 10.5. The first-order valence-corrected chi connectivity index (χ1v) is 12.9. The van der Waals surface area contributed by atoms with Gasteiger partial charge in [-0.3, -0.25) is 0 Å². The van der Waals surface area contributed by atoms with E-state index in [1.807, 2.05) is 4.90 Å². The van der Waals surface area contributed by atoms with E-state index in [1.54, 1.807) is 18.2 Å². The van der Waals surface area contributed by atoms with Gasteiger partial charge in [0.15, 0.2) is 9.84 Å². The van der Waals surface area contributed by atoms with Gasteiger partial charge in [0.1, 0.15) is 11.6 Å². The van der Waals surface area contributed by atoms with Crippen LogP contribution in [0.1, 0.15) is 52.4 Å². The summed E-state index contributed by atoms with van der Waals surface area (Å²) < 4.78 is 41.1. The predicted octanol–water partition coefficient (Wildman–Crippen LogP) is 6.59. The third-order valence-corrected chi connectivity index (χ3v) is 8.53. The van der Waals surface area contributed by atoms with Crippen LogP contribution in [0.5, 0.6) is 5.75 Å². The Morgan fingerprint density at radius 2 is 1.70 bits per heavy atom. The maximum Gasteiger partial charge on any atom is 0.181 e. The van der Waals surface area contributed by atoms with Crippen molar-refractivity contribution in [1.82, 2.24) is 0 Å². The van der Waals surface area contributed by atoms with Crippen molar-refractivity contribution in [3.05, 3.63) is 46.7 Å². The van der Waals surface area contributed by atoms with Crippen molar-refractivity contribution < 1.29 is 17.9 Å². The van der Waals surface area contributed by atoms with Gasteiger partial charge in [0.2, 0.25) is 0 Å². The number of benzene rings is 2. The normalized spacial score (nSPS) is 17.4. The molecule has 0 spiro atoms. The molecule has 1 N–H and O–H groups in total. The van der Waals surface area contributed by atoms with Gasteiger partial charge in [-0.1, -0.05) is 39.5 Å². The monoisotopic (exact) mass is 497 g/mol. The molecule has 0 amide bonds. The molecule has 4 nitrogen and oxygen atoms in total. The zero-order valence-corrected chi connectivity index (χ0v) is 19.9. The van der Waals surface area contributed by atoms with Gasteiger partial charge in [-0.05, 0) is 59.1 Å². The number of sulfone groups is 1. The Balaban J connectivity index is 2.22. The first-order chi connectivity index (χ1) is 14.2. The van der Waals surface area contributed by atoms with Crippen LogP contribution in [-0.2, 0) is 9.84 Å². The number of anilines is 2. The largest absolute Gasteiger partial charge is 0.507 e. The molecule has 1 heterocycles. The van der Waals surface area contributed by atoms with Crippen molar-refractivity contribution in [2.45, 2.75) is 57.3 Å². The van der Waals surface area contributed by atoms with Crippen molar-refractivity contribution in [3.63, 3.8) is 0 Å². The van der Waals surface area contributed by atoms with Gasteiger partial charge in [-0.25, -0.2) is 12.8 Å². The lowest BCUT2D eigenvalue weighted by Gasteiger charge is -2.37. The lowest BCUT2D eigenvalue weighted by Crippen LogP contribution is -2.38. The van der Waals surface area contributed by atoms with Gasteiger partial charge in [0.25, 0.3) is 0 Å². The van der Waals surface area contributed by atoms with Crippen LogP contribution >= 0.6 is 15.9 Å². The molecule has 164 valence electrons. The third kappa shape index (κ3) is 4.83. The molecule has 0 saturated carbocycles. The number of halogens is 2. The highest BCUT2D eigenvalue weighted by Crippen LogP contribution is 2.47. The molecule has 1 aliphatic heterocycles. The Kier molecular flexibility index (Phi) is 7.13. The zero-order chi connectivity index (χ0) is 21.9. The van der Waals surface area contributed by atoms with Crippen molar-refractivity contribution >= 4 is 37.1 Å². The Morgan fingerprint density at radius 1 is 1.10 bits per heavy atom. The minimum Gasteiger partial charge on any atom is -0.507 e. The molecule has 1 aliphatic rings. The number of fused-ring (bicyclic) bond motifs is 1. The van der Waals surface area contributed by atoms with E-state index in [0.29, 0.717) is 16.7 Å². The molecular weight excluding hydrogens is 469 g/mol. The van der Waals surface area contributed by atoms with Crippen LogP contribution in [0.15, 0.2) is 45.8 Å². The minimum absolute atomic E-state index is 0.0474. The minimum atomic E-state index is -3.63. The Morgan fingerprint density at radius 3 is 2.27 bits per heavy atom. The van der Waals surface area contributed by atoms with Crippen LogP contribution in [0.3, 0.4) is 0 Å². The summed E-state index contributed by atoms with van der Waals surface area (Å²) in [5.41, 5.74) is 0.839. The SMILES string of the molecule is CCCCC1(CCCC)CN(c2ccc(F)cc2)c2cc(Br)c(O)cc2S(=O)(=O)C1. The summed E-state index contributed by atoms with van der Waals surface area (Å²) in [6, 6.07) is 9.14. The summed E-state index contributed by atoms with van der Waals surface area (Å²) in [5, 5.41) is 10.2. The lowest BCUT2D eigenvalue weighted by atomic mass is 9.79. The van der Waals surface area contributed by atoms with Gasteiger partial charge in [0, 0.05) is 23.7 Å². The van der Waals surface area contributed by atoms with Gasteiger partial charge in [-0.15, -0.1) is 0 Å². The van der Waals surface area contributed by atoms with Gasteiger partial charge >= 0.3 is 0 Å². The topological polar surface area (TPSA) is 57.6 Å². The van der Waals surface area contributed by atoms with E-state index in [0.717, 1.165) is 44.2 Å². The molecule has 30 heavy (non-hydrogen) atoms. The third-order valence-electron chi connectivity index (χ3n) is 5.90. The number of unbranched alkanes of at least 4 members (excludes halogenated alkanes) is 2. The number of aromatic hydroxyl groups is 1. The van der Waals surface area contributed by atoms with E-state index >= 15 is 0 Å². The van der Waals surface area contributed by atoms with Crippen molar-refractivity contribution in [1.29, 1.82) is 0 Å². The number of phenols is 1. The Hall–Kier alpha value is -1.60. The smallest absolute Gasteiger partial charge is 0.181 e. The molecule has 0 bridgehead atoms. The molecule has 3 rings (SSSR count). The molecule has 0 aliphatic carbocycles. The van der Waals surface area contributed by atoms with Gasteiger partial charge in [-0.2, -0.15) is 0 Å². The van der Waals surface area contributed by atoms with E-state index < -0.39 is 15.3 Å². The summed E-state index contributed by atoms with van der Waals surface area (Å²) in [7, 11) is -3.63. The molecule has 0 unspecified atom stereocenters. The molecular formula is C23H29BrFNO3S. The highest BCUT2D eigenvalue weighted by molar-refractivity contribution is 9.10. The standard InChI is InChI=1S/C23H29BrFNO3S/c1-3-5-11-23(12-6-4-2)15-26(18-9-7-17(25)8-10-18)20-13-19(24)21(27)14-22(20)30(28,29)16-23/h7-10,13-14,27H,3-6,11-12,15-16H2,1-2H3. The van der Waals surface area contributed by atoms with Crippen molar-refractivity contribution in [2.24, 2.45) is 5.41 Å². The highest BCUT2D eigenvalue weighted by atomic mass is 79.9. The fourth-order valence-electron chi connectivity index (χ4n) is 4.32.